The lowest BCUT2D eigenvalue weighted by molar-refractivity contribution is -0.120. The van der Waals surface area contributed by atoms with Gasteiger partial charge in [-0.3, -0.25) is 4.79 Å². The van der Waals surface area contributed by atoms with Gasteiger partial charge in [0.1, 0.15) is 0 Å². The van der Waals surface area contributed by atoms with Crippen molar-refractivity contribution < 1.29 is 22.0 Å². The SMILES string of the molecule is Cc1cc(C)c2nc(NC(=O)C3CCN(S(=O)(=O)c4ccc(F)c(F)c4)CC3)sc2c1. The molecule has 0 spiro atoms. The number of nitrogens with zero attached hydrogens (tertiary/aromatic N) is 2. The fourth-order valence-corrected chi connectivity index (χ4v) is 6.30. The molecule has 0 aliphatic carbocycles. The predicted molar refractivity (Wildman–Crippen MR) is 116 cm³/mol. The number of anilines is 1. The molecule has 1 fully saturated rings. The Morgan fingerprint density at radius 2 is 1.84 bits per heavy atom. The van der Waals surface area contributed by atoms with Crippen LogP contribution < -0.4 is 5.32 Å². The summed E-state index contributed by atoms with van der Waals surface area (Å²) in [5.41, 5.74) is 3.03. The zero-order valence-electron chi connectivity index (χ0n) is 17.0. The van der Waals surface area contributed by atoms with E-state index in [1.807, 2.05) is 26.0 Å². The highest BCUT2D eigenvalue weighted by atomic mass is 32.2. The lowest BCUT2D eigenvalue weighted by atomic mass is 9.97. The van der Waals surface area contributed by atoms with Gasteiger partial charge < -0.3 is 5.32 Å². The van der Waals surface area contributed by atoms with Crippen LogP contribution in [0.4, 0.5) is 13.9 Å². The number of fused-ring (bicyclic) bond motifs is 1. The molecule has 31 heavy (non-hydrogen) atoms. The van der Waals surface area contributed by atoms with Crippen molar-refractivity contribution in [2.75, 3.05) is 18.4 Å². The molecule has 1 aromatic heterocycles. The van der Waals surface area contributed by atoms with E-state index < -0.39 is 21.7 Å². The van der Waals surface area contributed by atoms with Gasteiger partial charge in [-0.05, 0) is 62.1 Å². The van der Waals surface area contributed by atoms with Crippen LogP contribution >= 0.6 is 11.3 Å². The molecule has 0 radical (unpaired) electrons. The molecule has 1 aliphatic rings. The van der Waals surface area contributed by atoms with E-state index in [2.05, 4.69) is 10.3 Å². The van der Waals surface area contributed by atoms with Gasteiger partial charge in [0.15, 0.2) is 16.8 Å². The number of carbonyl (C=O) groups excluding carboxylic acids is 1. The monoisotopic (exact) mass is 465 g/mol. The quantitative estimate of drug-likeness (QED) is 0.625. The standard InChI is InChI=1S/C21H21F2N3O3S2/c1-12-9-13(2)19-18(10-12)30-21(24-19)25-20(27)14-5-7-26(8-6-14)31(28,29)15-3-4-16(22)17(23)11-15/h3-4,9-11,14H,5-8H2,1-2H3,(H,24,25,27). The van der Waals surface area contributed by atoms with Crippen LogP contribution in [0.15, 0.2) is 35.2 Å². The maximum absolute atomic E-state index is 13.5. The van der Waals surface area contributed by atoms with E-state index in [0.717, 1.165) is 33.5 Å². The Labute approximate surface area is 183 Å². The first-order valence-corrected chi connectivity index (χ1v) is 12.0. The third-order valence-corrected chi connectivity index (χ3v) is 8.23. The van der Waals surface area contributed by atoms with Crippen molar-refractivity contribution >= 4 is 42.6 Å². The number of benzene rings is 2. The number of piperidine rings is 1. The summed E-state index contributed by atoms with van der Waals surface area (Å²) in [5.74, 6) is -2.87. The molecule has 2 heterocycles. The molecule has 0 unspecified atom stereocenters. The van der Waals surface area contributed by atoms with Crippen molar-refractivity contribution in [1.29, 1.82) is 0 Å². The number of sulfonamides is 1. The molecule has 10 heteroatoms. The van der Waals surface area contributed by atoms with Crippen LogP contribution in [-0.4, -0.2) is 36.7 Å². The Hall–Kier alpha value is -2.43. The number of rotatable bonds is 4. The van der Waals surface area contributed by atoms with Crippen LogP contribution in [0.25, 0.3) is 10.2 Å². The third-order valence-electron chi connectivity index (χ3n) is 5.41. The van der Waals surface area contributed by atoms with Gasteiger partial charge in [-0.25, -0.2) is 22.2 Å². The van der Waals surface area contributed by atoms with Gasteiger partial charge in [0.05, 0.1) is 15.1 Å². The van der Waals surface area contributed by atoms with Crippen LogP contribution in [0, 0.1) is 31.4 Å². The minimum atomic E-state index is -3.95. The predicted octanol–water partition coefficient (Wildman–Crippen LogP) is 4.23. The summed E-state index contributed by atoms with van der Waals surface area (Å²) >= 11 is 1.41. The van der Waals surface area contributed by atoms with Crippen LogP contribution in [0.5, 0.6) is 0 Å². The lowest BCUT2D eigenvalue weighted by Crippen LogP contribution is -2.41. The van der Waals surface area contributed by atoms with Crippen molar-refractivity contribution in [3.05, 3.63) is 53.1 Å². The zero-order valence-corrected chi connectivity index (χ0v) is 18.6. The topological polar surface area (TPSA) is 79.4 Å². The van der Waals surface area contributed by atoms with Crippen LogP contribution in [0.1, 0.15) is 24.0 Å². The van der Waals surface area contributed by atoms with E-state index in [4.69, 9.17) is 0 Å². The molecule has 1 amide bonds. The Morgan fingerprint density at radius 3 is 2.52 bits per heavy atom. The average molecular weight is 466 g/mol. The first kappa shape index (κ1) is 21.8. The second-order valence-electron chi connectivity index (χ2n) is 7.69. The Kier molecular flexibility index (Phi) is 5.80. The number of carbonyl (C=O) groups is 1. The maximum Gasteiger partial charge on any atom is 0.243 e. The minimum absolute atomic E-state index is 0.123. The number of nitrogens with one attached hydrogen (secondary N) is 1. The van der Waals surface area contributed by atoms with Gasteiger partial charge in [0, 0.05) is 19.0 Å². The number of aryl methyl sites for hydroxylation is 2. The Balaban J connectivity index is 1.42. The van der Waals surface area contributed by atoms with E-state index in [9.17, 15) is 22.0 Å². The Bertz CT molecular complexity index is 1270. The van der Waals surface area contributed by atoms with Crippen molar-refractivity contribution in [2.45, 2.75) is 31.6 Å². The highest BCUT2D eigenvalue weighted by Gasteiger charge is 2.32. The molecule has 4 rings (SSSR count). The van der Waals surface area contributed by atoms with Crippen molar-refractivity contribution in [1.82, 2.24) is 9.29 Å². The summed E-state index contributed by atoms with van der Waals surface area (Å²) in [5, 5.41) is 3.37. The molecule has 1 aliphatic heterocycles. The molecule has 0 bridgehead atoms. The fourth-order valence-electron chi connectivity index (χ4n) is 3.78. The molecule has 0 atom stereocenters. The van der Waals surface area contributed by atoms with Gasteiger partial charge in [0.2, 0.25) is 15.9 Å². The number of halogens is 2. The van der Waals surface area contributed by atoms with Crippen LogP contribution in [0.3, 0.4) is 0 Å². The van der Waals surface area contributed by atoms with Gasteiger partial charge in [0.25, 0.3) is 0 Å². The van der Waals surface area contributed by atoms with E-state index in [-0.39, 0.29) is 29.8 Å². The number of thiazole rings is 1. The normalized spacial score (nSPS) is 16.0. The smallest absolute Gasteiger partial charge is 0.243 e. The van der Waals surface area contributed by atoms with Crippen LogP contribution in [0.2, 0.25) is 0 Å². The second-order valence-corrected chi connectivity index (χ2v) is 10.7. The van der Waals surface area contributed by atoms with Gasteiger partial charge >= 0.3 is 0 Å². The highest BCUT2D eigenvalue weighted by Crippen LogP contribution is 2.31. The maximum atomic E-state index is 13.5. The molecule has 0 saturated carbocycles. The molecule has 1 N–H and O–H groups in total. The van der Waals surface area contributed by atoms with Crippen molar-refractivity contribution in [3.63, 3.8) is 0 Å². The third kappa shape index (κ3) is 4.32. The van der Waals surface area contributed by atoms with E-state index >= 15 is 0 Å². The highest BCUT2D eigenvalue weighted by molar-refractivity contribution is 7.89. The summed E-state index contributed by atoms with van der Waals surface area (Å²) in [7, 11) is -3.95. The molecule has 2 aromatic carbocycles. The average Bonchev–Trinajstić information content (AvgIpc) is 3.12. The number of hydrogen-bond donors (Lipinski definition) is 1. The van der Waals surface area contributed by atoms with Crippen molar-refractivity contribution in [2.24, 2.45) is 5.92 Å². The van der Waals surface area contributed by atoms with Gasteiger partial charge in [-0.2, -0.15) is 4.31 Å². The van der Waals surface area contributed by atoms with Gasteiger partial charge in [-0.15, -0.1) is 0 Å². The minimum Gasteiger partial charge on any atom is -0.302 e. The number of amides is 1. The van der Waals surface area contributed by atoms with Crippen LogP contribution in [-0.2, 0) is 14.8 Å². The molecular formula is C21H21F2N3O3S2. The number of hydrogen-bond acceptors (Lipinski definition) is 5. The summed E-state index contributed by atoms with van der Waals surface area (Å²) in [6.45, 7) is 4.23. The Morgan fingerprint density at radius 1 is 1.13 bits per heavy atom. The summed E-state index contributed by atoms with van der Waals surface area (Å²) in [4.78, 5) is 16.9. The first-order chi connectivity index (χ1) is 14.6. The zero-order chi connectivity index (χ0) is 22.3. The molecular weight excluding hydrogens is 444 g/mol. The summed E-state index contributed by atoms with van der Waals surface area (Å²) in [6, 6.07) is 6.58. The molecule has 1 saturated heterocycles. The molecule has 3 aromatic rings. The summed E-state index contributed by atoms with van der Waals surface area (Å²) < 4.78 is 54.2. The molecule has 164 valence electrons. The first-order valence-electron chi connectivity index (χ1n) is 9.79. The lowest BCUT2D eigenvalue weighted by Gasteiger charge is -2.30. The largest absolute Gasteiger partial charge is 0.302 e. The second kappa shape index (κ2) is 8.25. The van der Waals surface area contributed by atoms with E-state index in [1.54, 1.807) is 0 Å². The van der Waals surface area contributed by atoms with E-state index in [1.165, 1.54) is 15.6 Å². The fraction of sp³-hybridized carbons (Fsp3) is 0.333. The number of aromatic nitrogens is 1. The van der Waals surface area contributed by atoms with Crippen molar-refractivity contribution in [3.8, 4) is 0 Å². The van der Waals surface area contributed by atoms with Gasteiger partial charge in [-0.1, -0.05) is 17.4 Å². The van der Waals surface area contributed by atoms with E-state index in [0.29, 0.717) is 24.0 Å². The summed E-state index contributed by atoms with van der Waals surface area (Å²) in [6.07, 6.45) is 0.662. The molecule has 6 nitrogen and oxygen atoms in total.